The van der Waals surface area contributed by atoms with Gasteiger partial charge in [-0.3, -0.25) is 23.7 Å². The van der Waals surface area contributed by atoms with Crippen LogP contribution >= 0.6 is 7.82 Å². The Kier molecular flexibility index (Phi) is 6.95. The summed E-state index contributed by atoms with van der Waals surface area (Å²) in [5, 5.41) is 5.37. The maximum absolute atomic E-state index is 12.3. The lowest BCUT2D eigenvalue weighted by molar-refractivity contribution is -0.461. The summed E-state index contributed by atoms with van der Waals surface area (Å²) >= 11 is 0. The van der Waals surface area contributed by atoms with Crippen LogP contribution in [0.3, 0.4) is 0 Å². The number of nitrogens with one attached hydrogen (secondary N) is 1. The normalized spacial score (nSPS) is 30.9. The average Bonchev–Trinajstić information content (AvgIpc) is 2.61. The van der Waals surface area contributed by atoms with Gasteiger partial charge in [0.25, 0.3) is 0 Å². The van der Waals surface area contributed by atoms with Crippen LogP contribution in [0.4, 0.5) is 0 Å². The molecule has 3 N–H and O–H groups in total. The number of hydrogen-bond acceptors (Lipinski definition) is 11. The van der Waals surface area contributed by atoms with Crippen molar-refractivity contribution in [3.63, 3.8) is 0 Å². The molecule has 1 heterocycles. The summed E-state index contributed by atoms with van der Waals surface area (Å²) in [5.41, 5.74) is 4.40. The van der Waals surface area contributed by atoms with E-state index in [0.29, 0.717) is 0 Å². The molecule has 1 amide bonds. The van der Waals surface area contributed by atoms with Crippen LogP contribution in [0.2, 0.25) is 0 Å². The number of ether oxygens (including phenoxy) is 4. The van der Waals surface area contributed by atoms with Crippen LogP contribution in [0.25, 0.3) is 10.4 Å². The number of nitrogens with zero attached hydrogens (tertiary/aromatic N) is 3. The van der Waals surface area contributed by atoms with Crippen LogP contribution in [-0.2, 0) is 47.2 Å². The monoisotopic (exact) mass is 466 g/mol. The van der Waals surface area contributed by atoms with Gasteiger partial charge in [-0.25, -0.2) is 4.57 Å². The van der Waals surface area contributed by atoms with Crippen molar-refractivity contribution in [2.24, 2.45) is 5.11 Å². The van der Waals surface area contributed by atoms with E-state index in [1.807, 2.05) is 0 Å². The summed E-state index contributed by atoms with van der Waals surface area (Å²) in [6.45, 7) is 1.62. The van der Waals surface area contributed by atoms with Crippen molar-refractivity contribution in [3.05, 3.63) is 10.4 Å². The molecule has 17 heteroatoms. The first-order chi connectivity index (χ1) is 14.3. The summed E-state index contributed by atoms with van der Waals surface area (Å²) in [6.07, 6.45) is -4.94. The zero-order valence-electron chi connectivity index (χ0n) is 16.4. The molecule has 16 nitrogen and oxygen atoms in total. The van der Waals surface area contributed by atoms with E-state index >= 15 is 0 Å². The van der Waals surface area contributed by atoms with Crippen molar-refractivity contribution >= 4 is 31.6 Å². The number of esters is 3. The van der Waals surface area contributed by atoms with Gasteiger partial charge in [0.2, 0.25) is 5.91 Å². The van der Waals surface area contributed by atoms with Crippen LogP contribution < -0.4 is 5.32 Å². The Hall–Kier alpha value is -2.74. The zero-order valence-corrected chi connectivity index (χ0v) is 17.3. The van der Waals surface area contributed by atoms with Gasteiger partial charge >= 0.3 is 25.7 Å². The minimum Gasteiger partial charge on any atom is -0.463 e. The molecule has 1 aliphatic heterocycles. The molecule has 2 aliphatic rings. The van der Waals surface area contributed by atoms with Crippen molar-refractivity contribution < 1.29 is 57.0 Å². The smallest absolute Gasteiger partial charge is 0.463 e. The maximum Gasteiger partial charge on any atom is 0.472 e. The molecule has 1 saturated carbocycles. The van der Waals surface area contributed by atoms with E-state index in [1.165, 1.54) is 0 Å². The largest absolute Gasteiger partial charge is 0.472 e. The second-order valence-corrected chi connectivity index (χ2v) is 7.77. The molecule has 5 atom stereocenters. The number of carbonyl (C=O) groups excluding carboxylic acids is 4. The molecule has 172 valence electrons. The lowest BCUT2D eigenvalue weighted by Gasteiger charge is -2.73. The Labute approximate surface area is 174 Å². The summed E-state index contributed by atoms with van der Waals surface area (Å²) in [4.78, 5) is 67.7. The van der Waals surface area contributed by atoms with Gasteiger partial charge in [-0.15, -0.1) is 0 Å². The third-order valence-corrected chi connectivity index (χ3v) is 4.97. The Balaban J connectivity index is 2.55. The minimum absolute atomic E-state index is 0.680. The van der Waals surface area contributed by atoms with E-state index in [2.05, 4.69) is 19.9 Å². The number of fused-ring (bicyclic) bond motifs is 1. The molecular weight excluding hydrogens is 447 g/mol. The molecule has 31 heavy (non-hydrogen) atoms. The van der Waals surface area contributed by atoms with E-state index in [1.54, 1.807) is 0 Å². The summed E-state index contributed by atoms with van der Waals surface area (Å²) in [7, 11) is -5.21. The highest BCUT2D eigenvalue weighted by molar-refractivity contribution is 7.46. The molecule has 1 aliphatic carbocycles. The third-order valence-electron chi connectivity index (χ3n) is 4.51. The fourth-order valence-corrected chi connectivity index (χ4v) is 3.99. The topological polar surface area (TPSA) is 233 Å². The predicted molar refractivity (Wildman–Crippen MR) is 93.4 cm³/mol. The summed E-state index contributed by atoms with van der Waals surface area (Å²) in [5.74, 6) is -3.55. The molecule has 0 aromatic carbocycles. The van der Waals surface area contributed by atoms with Crippen molar-refractivity contribution in [2.45, 2.75) is 50.4 Å². The van der Waals surface area contributed by atoms with Crippen molar-refractivity contribution in [1.82, 2.24) is 5.32 Å². The van der Waals surface area contributed by atoms with Gasteiger partial charge in [0, 0.05) is 25.7 Å². The van der Waals surface area contributed by atoms with E-state index in [9.17, 15) is 33.5 Å². The van der Waals surface area contributed by atoms with Crippen LogP contribution in [-0.4, -0.2) is 76.4 Å². The van der Waals surface area contributed by atoms with E-state index < -0.39 is 74.4 Å². The number of phosphoric ester groups is 1. The molecule has 0 spiro atoms. The van der Waals surface area contributed by atoms with Gasteiger partial charge in [0.05, 0.1) is 0 Å². The second-order valence-electron chi connectivity index (χ2n) is 6.58. The number of hydrogen-bond donors (Lipinski definition) is 3. The Morgan fingerprint density at radius 3 is 2.19 bits per heavy atom. The van der Waals surface area contributed by atoms with E-state index in [4.69, 9.17) is 24.5 Å². The lowest BCUT2D eigenvalue weighted by atomic mass is 9.53. The van der Waals surface area contributed by atoms with Crippen molar-refractivity contribution in [3.8, 4) is 0 Å². The highest BCUT2D eigenvalue weighted by Gasteiger charge is 2.90. The van der Waals surface area contributed by atoms with Gasteiger partial charge in [-0.05, 0) is 5.53 Å². The van der Waals surface area contributed by atoms with Gasteiger partial charge < -0.3 is 34.1 Å². The highest BCUT2D eigenvalue weighted by Crippen LogP contribution is 2.63. The van der Waals surface area contributed by atoms with E-state index in [-0.39, 0.29) is 0 Å². The first-order valence-electron chi connectivity index (χ1n) is 8.50. The van der Waals surface area contributed by atoms with Gasteiger partial charge in [0.15, 0.2) is 29.6 Å². The number of phosphoric acid groups is 1. The first kappa shape index (κ1) is 24.5. The first-order valence-corrected chi connectivity index (χ1v) is 10.0. The molecule has 0 bridgehead atoms. The molecule has 1 saturated heterocycles. The fourth-order valence-electron chi connectivity index (χ4n) is 3.53. The van der Waals surface area contributed by atoms with Gasteiger partial charge in [0.1, 0.15) is 13.2 Å². The maximum atomic E-state index is 12.3. The minimum atomic E-state index is -5.21. The van der Waals surface area contributed by atoms with Crippen molar-refractivity contribution in [1.29, 1.82) is 0 Å². The quantitative estimate of drug-likeness (QED) is 0.0907. The van der Waals surface area contributed by atoms with Gasteiger partial charge in [-0.2, -0.15) is 0 Å². The van der Waals surface area contributed by atoms with Crippen LogP contribution in [0, 0.1) is 0 Å². The SMILES string of the molecule is CC(=O)OCC12O[C@@H](OP(=O)(O)O)C1(NC(=O)CN=[N+]=[N-])C(OC(C)=O)[C@H]2OC(C)=O. The van der Waals surface area contributed by atoms with Crippen LogP contribution in [0.5, 0.6) is 0 Å². The second kappa shape index (κ2) is 8.78. The lowest BCUT2D eigenvalue weighted by Crippen LogP contribution is -3.01. The summed E-state index contributed by atoms with van der Waals surface area (Å²) < 4.78 is 36.6. The van der Waals surface area contributed by atoms with Crippen LogP contribution in [0.1, 0.15) is 20.8 Å². The highest BCUT2D eigenvalue weighted by atomic mass is 31.2. The summed E-state index contributed by atoms with van der Waals surface area (Å²) in [6, 6.07) is 0. The predicted octanol–water partition coefficient (Wildman–Crippen LogP) is -1.20. The molecule has 2 fully saturated rings. The molecule has 0 aromatic rings. The molecule has 2 rings (SSSR count). The molecule has 0 radical (unpaired) electrons. The number of amides is 1. The Morgan fingerprint density at radius 1 is 1.13 bits per heavy atom. The molecular formula is C14H19N4O12P. The van der Waals surface area contributed by atoms with E-state index in [0.717, 1.165) is 20.8 Å². The van der Waals surface area contributed by atoms with Crippen molar-refractivity contribution in [2.75, 3.05) is 13.2 Å². The fraction of sp³-hybridized carbons (Fsp3) is 0.714. The standard InChI is InChI=1S/C14H19N4O12P/c1-6(19)26-5-13-10(27-7(2)20)11(28-8(3)21)14(13,17-9(22)4-16-18-15)12(29-13)30-31(23,24)25/h10-12H,4-5H2,1-3H3,(H,17,22)(H2,23,24,25)/t10-,11?,12+,13?,14?/m1/s1. The molecule has 0 aromatic heterocycles. The Morgan fingerprint density at radius 2 is 1.71 bits per heavy atom. The number of rotatable bonds is 9. The average molecular weight is 466 g/mol. The zero-order chi connectivity index (χ0) is 23.6. The molecule has 3 unspecified atom stereocenters. The third kappa shape index (κ3) is 4.63. The Bertz CT molecular complexity index is 885. The number of carbonyl (C=O) groups is 4. The number of azide groups is 1. The van der Waals surface area contributed by atoms with Crippen LogP contribution in [0.15, 0.2) is 5.11 Å². The van der Waals surface area contributed by atoms with Gasteiger partial charge in [-0.1, -0.05) is 5.11 Å².